The van der Waals surface area contributed by atoms with Gasteiger partial charge < -0.3 is 19.6 Å². The summed E-state index contributed by atoms with van der Waals surface area (Å²) in [6.07, 6.45) is 1.68. The van der Waals surface area contributed by atoms with Gasteiger partial charge in [0, 0.05) is 26.1 Å². The summed E-state index contributed by atoms with van der Waals surface area (Å²) in [4.78, 5) is 42.7. The van der Waals surface area contributed by atoms with Gasteiger partial charge in [-0.2, -0.15) is 0 Å². The van der Waals surface area contributed by atoms with Crippen LogP contribution in [0.5, 0.6) is 5.75 Å². The Morgan fingerprint density at radius 2 is 1.82 bits per heavy atom. The van der Waals surface area contributed by atoms with Crippen LogP contribution in [-0.4, -0.2) is 64.3 Å². The average Bonchev–Trinajstić information content (AvgIpc) is 3.42. The predicted molar refractivity (Wildman–Crippen MR) is 120 cm³/mol. The number of fused-ring (bicyclic) bond motifs is 2. The monoisotopic (exact) mass is 448 g/mol. The summed E-state index contributed by atoms with van der Waals surface area (Å²) >= 11 is 0. The second-order valence-corrected chi connectivity index (χ2v) is 9.19. The van der Waals surface area contributed by atoms with Crippen LogP contribution in [0.1, 0.15) is 29.5 Å². The molecule has 3 atom stereocenters. The topological polar surface area (TPSA) is 87.2 Å². The molecule has 172 valence electrons. The van der Waals surface area contributed by atoms with E-state index in [1.807, 2.05) is 23.1 Å². The number of ketones is 1. The van der Waals surface area contributed by atoms with E-state index in [9.17, 15) is 19.5 Å². The van der Waals surface area contributed by atoms with E-state index in [-0.39, 0.29) is 42.5 Å². The van der Waals surface area contributed by atoms with E-state index in [4.69, 9.17) is 4.74 Å². The lowest BCUT2D eigenvalue weighted by Gasteiger charge is -2.31. The summed E-state index contributed by atoms with van der Waals surface area (Å²) < 4.78 is 5.54. The number of carbonyl (C=O) groups is 3. The number of benzene rings is 2. The third-order valence-corrected chi connectivity index (χ3v) is 7.07. The standard InChI is InChI=1S/C26H28N2O5/c29-21-7-5-17(6-8-21)13-20(26(32)28-12-10-23-25(28)22(30)16-33-23)14-24(31)27-11-9-18-3-1-2-4-19(18)15-27/h1-8,20,23,25,29H,9-16H2. The molecular weight excluding hydrogens is 420 g/mol. The maximum atomic E-state index is 13.6. The van der Waals surface area contributed by atoms with E-state index in [1.54, 1.807) is 29.2 Å². The number of rotatable bonds is 5. The number of hydrogen-bond acceptors (Lipinski definition) is 5. The lowest BCUT2D eigenvalue weighted by molar-refractivity contribution is -0.144. The number of Topliss-reactive ketones (excluding diaryl/α,β-unsaturated/α-hetero) is 1. The molecule has 3 aliphatic rings. The summed E-state index contributed by atoms with van der Waals surface area (Å²) in [7, 11) is 0. The lowest BCUT2D eigenvalue weighted by atomic mass is 9.92. The second-order valence-electron chi connectivity index (χ2n) is 9.19. The minimum atomic E-state index is -0.577. The van der Waals surface area contributed by atoms with Crippen molar-refractivity contribution in [2.45, 2.75) is 44.4 Å². The molecule has 1 N–H and O–H groups in total. The zero-order valence-corrected chi connectivity index (χ0v) is 18.5. The zero-order chi connectivity index (χ0) is 22.9. The smallest absolute Gasteiger partial charge is 0.227 e. The van der Waals surface area contributed by atoms with E-state index < -0.39 is 12.0 Å². The fourth-order valence-corrected chi connectivity index (χ4v) is 5.29. The largest absolute Gasteiger partial charge is 0.508 e. The molecule has 0 spiro atoms. The van der Waals surface area contributed by atoms with Crippen molar-refractivity contribution in [1.29, 1.82) is 0 Å². The summed E-state index contributed by atoms with van der Waals surface area (Å²) in [5.41, 5.74) is 3.28. The summed E-state index contributed by atoms with van der Waals surface area (Å²) in [5, 5.41) is 9.61. The molecule has 0 aliphatic carbocycles. The maximum absolute atomic E-state index is 13.6. The van der Waals surface area contributed by atoms with Crippen molar-refractivity contribution in [3.63, 3.8) is 0 Å². The molecule has 2 amide bonds. The minimum Gasteiger partial charge on any atom is -0.508 e. The summed E-state index contributed by atoms with van der Waals surface area (Å²) in [6.45, 7) is 1.71. The minimum absolute atomic E-state index is 0.0495. The first-order chi connectivity index (χ1) is 16.0. The van der Waals surface area contributed by atoms with Crippen LogP contribution in [0, 0.1) is 5.92 Å². The number of carbonyl (C=O) groups excluding carboxylic acids is 3. The fraction of sp³-hybridized carbons (Fsp3) is 0.423. The van der Waals surface area contributed by atoms with Gasteiger partial charge in [0.15, 0.2) is 5.78 Å². The van der Waals surface area contributed by atoms with Gasteiger partial charge in [0.1, 0.15) is 18.4 Å². The summed E-state index contributed by atoms with van der Waals surface area (Å²) in [6, 6.07) is 14.3. The Morgan fingerprint density at radius 3 is 2.61 bits per heavy atom. The zero-order valence-electron chi connectivity index (χ0n) is 18.5. The highest BCUT2D eigenvalue weighted by molar-refractivity contribution is 5.94. The molecule has 2 aromatic carbocycles. The number of likely N-dealkylation sites (tertiary alicyclic amines) is 1. The highest BCUT2D eigenvalue weighted by Crippen LogP contribution is 2.30. The third kappa shape index (κ3) is 4.37. The fourth-order valence-electron chi connectivity index (χ4n) is 5.29. The van der Waals surface area contributed by atoms with Crippen LogP contribution >= 0.6 is 0 Å². The van der Waals surface area contributed by atoms with E-state index >= 15 is 0 Å². The Kier molecular flexibility index (Phi) is 5.89. The molecule has 2 saturated heterocycles. The van der Waals surface area contributed by atoms with Gasteiger partial charge in [-0.15, -0.1) is 0 Å². The highest BCUT2D eigenvalue weighted by Gasteiger charge is 2.48. The Morgan fingerprint density at radius 1 is 1.06 bits per heavy atom. The van der Waals surface area contributed by atoms with E-state index in [0.29, 0.717) is 32.5 Å². The van der Waals surface area contributed by atoms with Crippen molar-refractivity contribution in [1.82, 2.24) is 9.80 Å². The van der Waals surface area contributed by atoms with Crippen molar-refractivity contribution in [3.8, 4) is 5.75 Å². The maximum Gasteiger partial charge on any atom is 0.227 e. The van der Waals surface area contributed by atoms with Gasteiger partial charge in [-0.3, -0.25) is 14.4 Å². The average molecular weight is 449 g/mol. The third-order valence-electron chi connectivity index (χ3n) is 7.07. The quantitative estimate of drug-likeness (QED) is 0.757. The Balaban J connectivity index is 1.34. The van der Waals surface area contributed by atoms with E-state index in [0.717, 1.165) is 17.5 Å². The number of phenolic OH excluding ortho intramolecular Hbond substituents is 1. The molecular formula is C26H28N2O5. The van der Waals surface area contributed by atoms with Crippen LogP contribution in [-0.2, 0) is 38.5 Å². The first kappa shape index (κ1) is 21.6. The highest BCUT2D eigenvalue weighted by atomic mass is 16.5. The molecule has 0 saturated carbocycles. The van der Waals surface area contributed by atoms with E-state index in [1.165, 1.54) is 5.56 Å². The van der Waals surface area contributed by atoms with Crippen molar-refractivity contribution < 1.29 is 24.2 Å². The molecule has 5 rings (SSSR count). The Hall–Kier alpha value is -3.19. The molecule has 0 aromatic heterocycles. The molecule has 7 heteroatoms. The second kappa shape index (κ2) is 8.98. The first-order valence-electron chi connectivity index (χ1n) is 11.6. The summed E-state index contributed by atoms with van der Waals surface area (Å²) in [5.74, 6) is -0.702. The number of hydrogen-bond donors (Lipinski definition) is 1. The lowest BCUT2D eigenvalue weighted by Crippen LogP contribution is -2.46. The Labute approximate surface area is 192 Å². The SMILES string of the molecule is O=C1COC2CCN(C(=O)C(CC(=O)N3CCc4ccccc4C3)Cc3ccc(O)cc3)C12. The van der Waals surface area contributed by atoms with Gasteiger partial charge in [0.25, 0.3) is 0 Å². The van der Waals surface area contributed by atoms with Crippen molar-refractivity contribution >= 4 is 17.6 Å². The van der Waals surface area contributed by atoms with Crippen molar-refractivity contribution in [3.05, 3.63) is 65.2 Å². The van der Waals surface area contributed by atoms with Crippen molar-refractivity contribution in [2.75, 3.05) is 19.7 Å². The molecule has 2 aromatic rings. The van der Waals surface area contributed by atoms with Gasteiger partial charge in [0.2, 0.25) is 11.8 Å². The van der Waals surface area contributed by atoms with Gasteiger partial charge in [0.05, 0.1) is 12.0 Å². The normalized spacial score (nSPS) is 22.7. The van der Waals surface area contributed by atoms with Crippen LogP contribution < -0.4 is 0 Å². The molecule has 0 radical (unpaired) electrons. The number of amides is 2. The van der Waals surface area contributed by atoms with Gasteiger partial charge >= 0.3 is 0 Å². The number of ether oxygens (including phenoxy) is 1. The molecule has 3 unspecified atom stereocenters. The Bertz CT molecular complexity index is 1070. The van der Waals surface area contributed by atoms with Crippen LogP contribution in [0.15, 0.2) is 48.5 Å². The van der Waals surface area contributed by atoms with Gasteiger partial charge in [-0.1, -0.05) is 36.4 Å². The molecule has 0 bridgehead atoms. The molecule has 33 heavy (non-hydrogen) atoms. The van der Waals surface area contributed by atoms with Crippen LogP contribution in [0.25, 0.3) is 0 Å². The number of nitrogens with zero attached hydrogens (tertiary/aromatic N) is 2. The van der Waals surface area contributed by atoms with Crippen LogP contribution in [0.2, 0.25) is 0 Å². The van der Waals surface area contributed by atoms with Crippen LogP contribution in [0.4, 0.5) is 0 Å². The van der Waals surface area contributed by atoms with E-state index in [2.05, 4.69) is 6.07 Å². The number of phenols is 1. The molecule has 7 nitrogen and oxygen atoms in total. The predicted octanol–water partition coefficient (Wildman–Crippen LogP) is 2.09. The first-order valence-corrected chi connectivity index (χ1v) is 11.6. The molecule has 3 aliphatic heterocycles. The van der Waals surface area contributed by atoms with Crippen LogP contribution in [0.3, 0.4) is 0 Å². The van der Waals surface area contributed by atoms with Gasteiger partial charge in [-0.05, 0) is 48.1 Å². The molecule has 3 heterocycles. The number of aromatic hydroxyl groups is 1. The van der Waals surface area contributed by atoms with Crippen molar-refractivity contribution in [2.24, 2.45) is 5.92 Å². The van der Waals surface area contributed by atoms with Gasteiger partial charge in [-0.25, -0.2) is 0 Å². The molecule has 2 fully saturated rings.